The lowest BCUT2D eigenvalue weighted by atomic mass is 10.1. The summed E-state index contributed by atoms with van der Waals surface area (Å²) in [5.41, 5.74) is 4.39. The number of ether oxygens (including phenoxy) is 1. The summed E-state index contributed by atoms with van der Waals surface area (Å²) >= 11 is 6.41. The van der Waals surface area contributed by atoms with E-state index in [2.05, 4.69) is 16.3 Å². The summed E-state index contributed by atoms with van der Waals surface area (Å²) in [7, 11) is 0. The van der Waals surface area contributed by atoms with Gasteiger partial charge < -0.3 is 30.1 Å². The van der Waals surface area contributed by atoms with Gasteiger partial charge in [-0.3, -0.25) is 4.79 Å². The number of halogens is 1. The number of benzene rings is 3. The number of carbonyl (C=O) groups excluding carboxylic acids is 2. The molecule has 3 aromatic rings. The molecule has 4 rings (SSSR count). The van der Waals surface area contributed by atoms with Crippen LogP contribution >= 0.6 is 11.6 Å². The van der Waals surface area contributed by atoms with Crippen LogP contribution in [0.15, 0.2) is 97.1 Å². The van der Waals surface area contributed by atoms with E-state index >= 15 is 0 Å². The molecule has 0 saturated heterocycles. The molecule has 0 aromatic heterocycles. The predicted octanol–water partition coefficient (Wildman–Crippen LogP) is 5.84. The van der Waals surface area contributed by atoms with Gasteiger partial charge in [0, 0.05) is 36.3 Å². The summed E-state index contributed by atoms with van der Waals surface area (Å²) in [5, 5.41) is 19.5. The predicted molar refractivity (Wildman–Crippen MR) is 174 cm³/mol. The number of para-hydroxylation sites is 2. The lowest BCUT2D eigenvalue weighted by molar-refractivity contribution is -0.137. The minimum Gasteiger partial charge on any atom is -0.478 e. The Balaban J connectivity index is 0.000000610. The van der Waals surface area contributed by atoms with E-state index in [0.29, 0.717) is 42.4 Å². The van der Waals surface area contributed by atoms with Crippen molar-refractivity contribution in [2.45, 2.75) is 26.3 Å². The largest absolute Gasteiger partial charge is 0.478 e. The highest BCUT2D eigenvalue weighted by atomic mass is 35.5. The minimum absolute atomic E-state index is 0.0412. The highest BCUT2D eigenvalue weighted by Crippen LogP contribution is 2.42. The number of carboxylic acid groups (broad SMARTS) is 2. The first-order valence-electron chi connectivity index (χ1n) is 14.4. The maximum Gasteiger partial charge on any atom is 0.330 e. The number of aliphatic carboxylic acids is 2. The Morgan fingerprint density at radius 3 is 2.13 bits per heavy atom. The number of nitrogens with zero attached hydrogens (tertiary/aromatic N) is 2. The number of unbranched alkanes of at least 4 members (excludes halogenated alkanes) is 1. The van der Waals surface area contributed by atoms with Crippen LogP contribution in [0.25, 0.3) is 0 Å². The SMILES string of the molecule is CCOC(=O)/C=C/CNCCCCN1c2cc(Cl)ccc2C(=O)N(Cc2ccccc2)c2ccccc21.O=C(O)/C=C\C(=O)O. The average Bonchev–Trinajstić information content (AvgIpc) is 3.11. The Kier molecular flexibility index (Phi) is 13.8. The molecule has 11 heteroatoms. The van der Waals surface area contributed by atoms with Crippen LogP contribution in [0.5, 0.6) is 0 Å². The zero-order valence-corrected chi connectivity index (χ0v) is 25.7. The van der Waals surface area contributed by atoms with E-state index in [1.54, 1.807) is 19.1 Å². The van der Waals surface area contributed by atoms with Crippen LogP contribution < -0.4 is 15.1 Å². The van der Waals surface area contributed by atoms with Crippen molar-refractivity contribution >= 4 is 52.5 Å². The van der Waals surface area contributed by atoms with Gasteiger partial charge in [0.15, 0.2) is 0 Å². The average molecular weight is 634 g/mol. The summed E-state index contributed by atoms with van der Waals surface area (Å²) in [6.45, 7) is 4.79. The zero-order chi connectivity index (χ0) is 32.6. The van der Waals surface area contributed by atoms with Crippen molar-refractivity contribution in [1.29, 1.82) is 0 Å². The molecule has 3 aromatic carbocycles. The second-order valence-electron chi connectivity index (χ2n) is 9.75. The second-order valence-corrected chi connectivity index (χ2v) is 10.2. The lowest BCUT2D eigenvalue weighted by Crippen LogP contribution is -2.29. The fourth-order valence-corrected chi connectivity index (χ4v) is 4.74. The quantitative estimate of drug-likeness (QED) is 0.120. The van der Waals surface area contributed by atoms with E-state index in [9.17, 15) is 19.2 Å². The smallest absolute Gasteiger partial charge is 0.330 e. The Morgan fingerprint density at radius 2 is 1.49 bits per heavy atom. The van der Waals surface area contributed by atoms with Crippen LogP contribution in [0, 0.1) is 0 Å². The number of fused-ring (bicyclic) bond motifs is 2. The molecule has 0 saturated carbocycles. The number of nitrogens with one attached hydrogen (secondary N) is 1. The summed E-state index contributed by atoms with van der Waals surface area (Å²) in [4.78, 5) is 48.4. The van der Waals surface area contributed by atoms with Gasteiger partial charge in [-0.25, -0.2) is 14.4 Å². The second kappa shape index (κ2) is 18.0. The van der Waals surface area contributed by atoms with Gasteiger partial charge in [0.2, 0.25) is 0 Å². The van der Waals surface area contributed by atoms with Crippen LogP contribution in [0.3, 0.4) is 0 Å². The molecule has 0 unspecified atom stereocenters. The van der Waals surface area contributed by atoms with Crippen molar-refractivity contribution < 1.29 is 34.1 Å². The topological polar surface area (TPSA) is 136 Å². The van der Waals surface area contributed by atoms with E-state index < -0.39 is 11.9 Å². The number of amides is 1. The molecule has 10 nitrogen and oxygen atoms in total. The third-order valence-electron chi connectivity index (χ3n) is 6.53. The van der Waals surface area contributed by atoms with Crippen LogP contribution in [0.4, 0.5) is 17.1 Å². The highest BCUT2D eigenvalue weighted by Gasteiger charge is 2.31. The third-order valence-corrected chi connectivity index (χ3v) is 6.76. The summed E-state index contributed by atoms with van der Waals surface area (Å²) < 4.78 is 4.88. The van der Waals surface area contributed by atoms with Crippen LogP contribution in [-0.2, 0) is 25.7 Å². The number of hydrogen-bond acceptors (Lipinski definition) is 7. The first-order valence-corrected chi connectivity index (χ1v) is 14.8. The summed E-state index contributed by atoms with van der Waals surface area (Å²) in [5.74, 6) is -2.88. The molecular formula is C34H36ClN3O7. The van der Waals surface area contributed by atoms with Crippen LogP contribution in [0.2, 0.25) is 5.02 Å². The van der Waals surface area contributed by atoms with Crippen LogP contribution in [0.1, 0.15) is 35.7 Å². The molecule has 45 heavy (non-hydrogen) atoms. The normalized spacial score (nSPS) is 12.3. The van der Waals surface area contributed by atoms with E-state index in [1.807, 2.05) is 65.6 Å². The molecule has 1 amide bonds. The Bertz CT molecular complexity index is 1510. The number of carbonyl (C=O) groups is 4. The van der Waals surface area contributed by atoms with Gasteiger partial charge in [-0.1, -0.05) is 60.1 Å². The van der Waals surface area contributed by atoms with E-state index in [-0.39, 0.29) is 11.9 Å². The fourth-order valence-electron chi connectivity index (χ4n) is 4.57. The molecule has 0 fully saturated rings. The first-order chi connectivity index (χ1) is 21.7. The number of esters is 1. The van der Waals surface area contributed by atoms with Gasteiger partial charge in [0.25, 0.3) is 5.91 Å². The zero-order valence-electron chi connectivity index (χ0n) is 24.9. The standard InChI is InChI=1S/C30H32ClN3O3.C4H4O4/c1-2-37-29(35)15-10-19-32-18-8-9-20-33-26-13-6-7-14-27(26)34(22-23-11-4-3-5-12-23)30(36)25-17-16-24(31)21-28(25)33;5-3(6)1-2-4(7)8/h3-7,10-17,21,32H,2,8-9,18-20,22H2,1H3;1-2H,(H,5,6)(H,7,8)/b15-10+;2-1-. The number of anilines is 3. The molecule has 0 radical (unpaired) electrons. The molecule has 1 aliphatic heterocycles. The minimum atomic E-state index is -1.26. The number of rotatable bonds is 13. The Morgan fingerprint density at radius 1 is 0.844 bits per heavy atom. The first kappa shape index (κ1) is 34.6. The monoisotopic (exact) mass is 633 g/mol. The fraction of sp³-hybridized carbons (Fsp3) is 0.235. The summed E-state index contributed by atoms with van der Waals surface area (Å²) in [6.07, 6.45) is 6.17. The number of hydrogen-bond donors (Lipinski definition) is 3. The molecule has 0 atom stereocenters. The van der Waals surface area contributed by atoms with Crippen molar-refractivity contribution in [3.8, 4) is 0 Å². The van der Waals surface area contributed by atoms with E-state index in [1.165, 1.54) is 6.08 Å². The van der Waals surface area contributed by atoms with Gasteiger partial charge >= 0.3 is 17.9 Å². The summed E-state index contributed by atoms with van der Waals surface area (Å²) in [6, 6.07) is 23.6. The molecule has 0 spiro atoms. The molecule has 236 valence electrons. The van der Waals surface area contributed by atoms with Crippen molar-refractivity contribution in [3.63, 3.8) is 0 Å². The van der Waals surface area contributed by atoms with Gasteiger partial charge in [0.05, 0.1) is 35.8 Å². The van der Waals surface area contributed by atoms with Gasteiger partial charge in [-0.15, -0.1) is 0 Å². The molecule has 3 N–H and O–H groups in total. The maximum absolute atomic E-state index is 13.8. The molecular weight excluding hydrogens is 598 g/mol. The Labute approximate surface area is 267 Å². The van der Waals surface area contributed by atoms with Gasteiger partial charge in [-0.05, 0) is 62.2 Å². The van der Waals surface area contributed by atoms with Crippen molar-refractivity contribution in [2.75, 3.05) is 36.0 Å². The van der Waals surface area contributed by atoms with Crippen molar-refractivity contribution in [3.05, 3.63) is 113 Å². The maximum atomic E-state index is 13.8. The molecule has 1 heterocycles. The molecule has 0 bridgehead atoms. The Hall–Kier alpha value is -4.93. The van der Waals surface area contributed by atoms with E-state index in [0.717, 1.165) is 48.6 Å². The third kappa shape index (κ3) is 10.9. The van der Waals surface area contributed by atoms with Crippen molar-refractivity contribution in [1.82, 2.24) is 5.32 Å². The van der Waals surface area contributed by atoms with E-state index in [4.69, 9.17) is 26.6 Å². The molecule has 1 aliphatic rings. The molecule has 0 aliphatic carbocycles. The van der Waals surface area contributed by atoms with Crippen LogP contribution in [-0.4, -0.2) is 60.3 Å². The van der Waals surface area contributed by atoms with Crippen molar-refractivity contribution in [2.24, 2.45) is 0 Å². The number of carboxylic acids is 2. The van der Waals surface area contributed by atoms with Gasteiger partial charge in [0.1, 0.15) is 0 Å². The lowest BCUT2D eigenvalue weighted by Gasteiger charge is -2.27. The van der Waals surface area contributed by atoms with Gasteiger partial charge in [-0.2, -0.15) is 0 Å². The highest BCUT2D eigenvalue weighted by molar-refractivity contribution is 6.31.